The van der Waals surface area contributed by atoms with Gasteiger partial charge in [0.2, 0.25) is 5.91 Å². The highest BCUT2D eigenvalue weighted by atomic mass is 35.5. The van der Waals surface area contributed by atoms with Crippen molar-refractivity contribution in [2.45, 2.75) is 43.8 Å². The van der Waals surface area contributed by atoms with E-state index in [4.69, 9.17) is 27.2 Å². The summed E-state index contributed by atoms with van der Waals surface area (Å²) < 4.78 is 9.06. The number of hydrogen-bond donors (Lipinski definition) is 2. The van der Waals surface area contributed by atoms with Crippen LogP contribution < -0.4 is 11.1 Å². The van der Waals surface area contributed by atoms with Crippen molar-refractivity contribution < 1.29 is 14.3 Å². The summed E-state index contributed by atoms with van der Waals surface area (Å²) in [4.78, 5) is 26.7. The molecule has 3 N–H and O–H groups in total. The Bertz CT molecular complexity index is 1480. The number of hydrogen-bond acceptors (Lipinski definition) is 6. The van der Waals surface area contributed by atoms with Gasteiger partial charge in [-0.3, -0.25) is 14.3 Å². The maximum absolute atomic E-state index is 12.5. The molecule has 3 aromatic rings. The summed E-state index contributed by atoms with van der Waals surface area (Å²) in [6, 6.07) is 3.80. The maximum atomic E-state index is 12.5. The van der Waals surface area contributed by atoms with Crippen molar-refractivity contribution in [1.82, 2.24) is 24.5 Å². The molecule has 0 radical (unpaired) electrons. The molecule has 2 fully saturated rings. The maximum Gasteiger partial charge on any atom is 0.255 e. The highest BCUT2D eigenvalue weighted by Crippen LogP contribution is 2.36. The van der Waals surface area contributed by atoms with Crippen LogP contribution in [0, 0.1) is 11.8 Å². The minimum atomic E-state index is -0.655. The second kappa shape index (κ2) is 10.5. The first-order valence-corrected chi connectivity index (χ1v) is 13.0. The Morgan fingerprint density at radius 3 is 2.71 bits per heavy atom. The molecule has 2 atom stereocenters. The number of benzene rings is 1. The number of rotatable bonds is 7. The number of nitrogens with two attached hydrogens (primary N) is 1. The average molecular weight is 536 g/mol. The van der Waals surface area contributed by atoms with E-state index in [0.29, 0.717) is 42.0 Å². The number of primary amides is 1. The molecule has 1 aliphatic carbocycles. The lowest BCUT2D eigenvalue weighted by atomic mass is 9.93. The van der Waals surface area contributed by atoms with E-state index < -0.39 is 5.91 Å². The normalized spacial score (nSPS) is 19.2. The lowest BCUT2D eigenvalue weighted by Gasteiger charge is -2.26. The lowest BCUT2D eigenvalue weighted by molar-refractivity contribution is -0.127. The number of ether oxygens (including phenoxy) is 1. The van der Waals surface area contributed by atoms with Crippen LogP contribution in [0.2, 0.25) is 5.02 Å². The Kier molecular flexibility index (Phi) is 7.15. The Morgan fingerprint density at radius 2 is 2.08 bits per heavy atom. The molecule has 5 rings (SSSR count). The zero-order valence-electron chi connectivity index (χ0n) is 21.4. The molecule has 1 aromatic carbocycles. The highest BCUT2D eigenvalue weighted by Gasteiger charge is 2.38. The summed E-state index contributed by atoms with van der Waals surface area (Å²) in [5, 5.41) is 13.7. The first kappa shape index (κ1) is 25.8. The van der Waals surface area contributed by atoms with Gasteiger partial charge in [0.1, 0.15) is 11.4 Å². The Hall–Kier alpha value is -3.81. The summed E-state index contributed by atoms with van der Waals surface area (Å²) in [7, 11) is 3.29. The molecular weight excluding hydrogens is 506 g/mol. The summed E-state index contributed by atoms with van der Waals surface area (Å²) >= 11 is 6.55. The molecule has 10 nitrogen and oxygen atoms in total. The highest BCUT2D eigenvalue weighted by molar-refractivity contribution is 6.32. The molecule has 0 unspecified atom stereocenters. The summed E-state index contributed by atoms with van der Waals surface area (Å²) in [6.07, 6.45) is 7.07. The van der Waals surface area contributed by atoms with E-state index in [0.717, 1.165) is 23.7 Å². The predicted molar refractivity (Wildman–Crippen MR) is 145 cm³/mol. The minimum Gasteiger partial charge on any atom is -0.383 e. The minimum absolute atomic E-state index is 0.153. The number of fused-ring (bicyclic) bond motifs is 1. The summed E-state index contributed by atoms with van der Waals surface area (Å²) in [5.74, 6) is 5.78. The van der Waals surface area contributed by atoms with E-state index >= 15 is 0 Å². The standard InChI is InChI=1S/C27H30ClN7O3/c1-4-24(36)33-14-17(12-18(33)15-38-3)35-27(30-2)25(26(29)37)22(32-35)10-8-19-20-13-31-34(16-6-5-7-16)23(20)11-9-21(19)28/h4,9,11,13,16-18,30H,1,5-7,12,14-15H2,2-3H3,(H2,29,37)/t17-,18+/m0/s1. The predicted octanol–water partition coefficient (Wildman–Crippen LogP) is 3.13. The average Bonchev–Trinajstić information content (AvgIpc) is 3.57. The number of nitrogens with one attached hydrogen (secondary N) is 1. The van der Waals surface area contributed by atoms with Crippen LogP contribution in [0.5, 0.6) is 0 Å². The molecular formula is C27H30ClN7O3. The van der Waals surface area contributed by atoms with Crippen molar-refractivity contribution in [1.29, 1.82) is 0 Å². The van der Waals surface area contributed by atoms with Crippen molar-refractivity contribution >= 4 is 40.1 Å². The lowest BCUT2D eigenvalue weighted by Crippen LogP contribution is -2.37. The topological polar surface area (TPSA) is 120 Å². The van der Waals surface area contributed by atoms with Crippen LogP contribution in [-0.2, 0) is 9.53 Å². The van der Waals surface area contributed by atoms with Gasteiger partial charge in [0.25, 0.3) is 5.91 Å². The monoisotopic (exact) mass is 535 g/mol. The number of carbonyl (C=O) groups excluding carboxylic acids is 2. The molecule has 1 saturated heterocycles. The van der Waals surface area contributed by atoms with Crippen molar-refractivity contribution in [2.75, 3.05) is 32.6 Å². The van der Waals surface area contributed by atoms with Crippen LogP contribution in [-0.4, -0.2) is 69.6 Å². The third-order valence-corrected chi connectivity index (χ3v) is 7.72. The van der Waals surface area contributed by atoms with Gasteiger partial charge in [-0.25, -0.2) is 4.68 Å². The zero-order chi connectivity index (χ0) is 27.0. The molecule has 2 aromatic heterocycles. The zero-order valence-corrected chi connectivity index (χ0v) is 22.2. The van der Waals surface area contributed by atoms with E-state index in [1.807, 2.05) is 16.8 Å². The first-order valence-electron chi connectivity index (χ1n) is 12.6. The Morgan fingerprint density at radius 1 is 1.29 bits per heavy atom. The van der Waals surface area contributed by atoms with Crippen molar-refractivity contribution in [2.24, 2.45) is 5.73 Å². The SMILES string of the molecule is C=CC(=O)N1C[C@@H](n2nc(C#Cc3c(Cl)ccc4c3cnn4C3CCC3)c(C(N)=O)c2NC)C[C@@H]1COC. The molecule has 38 heavy (non-hydrogen) atoms. The van der Waals surface area contributed by atoms with Gasteiger partial charge >= 0.3 is 0 Å². The number of carbonyl (C=O) groups is 2. The summed E-state index contributed by atoms with van der Waals surface area (Å²) in [5.41, 5.74) is 7.80. The van der Waals surface area contributed by atoms with Gasteiger partial charge in [0.05, 0.1) is 47.0 Å². The van der Waals surface area contributed by atoms with Crippen LogP contribution >= 0.6 is 11.6 Å². The fraction of sp³-hybridized carbons (Fsp3) is 0.407. The fourth-order valence-electron chi connectivity index (χ4n) is 5.33. The van der Waals surface area contributed by atoms with Gasteiger partial charge < -0.3 is 20.7 Å². The second-order valence-electron chi connectivity index (χ2n) is 9.60. The van der Waals surface area contributed by atoms with E-state index in [-0.39, 0.29) is 29.2 Å². The van der Waals surface area contributed by atoms with Crippen LogP contribution in [0.25, 0.3) is 10.9 Å². The molecule has 2 aliphatic rings. The van der Waals surface area contributed by atoms with Gasteiger partial charge in [-0.1, -0.05) is 24.1 Å². The molecule has 3 heterocycles. The van der Waals surface area contributed by atoms with Gasteiger partial charge in [-0.15, -0.1) is 0 Å². The number of halogens is 1. The van der Waals surface area contributed by atoms with Crippen LogP contribution in [0.15, 0.2) is 31.0 Å². The summed E-state index contributed by atoms with van der Waals surface area (Å²) in [6.45, 7) is 4.37. The molecule has 11 heteroatoms. The quantitative estimate of drug-likeness (QED) is 0.354. The number of nitrogens with zero attached hydrogens (tertiary/aromatic N) is 5. The molecule has 198 valence electrons. The van der Waals surface area contributed by atoms with Crippen LogP contribution in [0.3, 0.4) is 0 Å². The molecule has 1 aliphatic heterocycles. The third-order valence-electron chi connectivity index (χ3n) is 7.40. The third kappa shape index (κ3) is 4.42. The first-order chi connectivity index (χ1) is 18.4. The second-order valence-corrected chi connectivity index (χ2v) is 10.0. The smallest absolute Gasteiger partial charge is 0.255 e. The molecule has 0 spiro atoms. The largest absolute Gasteiger partial charge is 0.383 e. The molecule has 0 bridgehead atoms. The van der Waals surface area contributed by atoms with Gasteiger partial charge in [0, 0.05) is 26.1 Å². The number of anilines is 1. The van der Waals surface area contributed by atoms with Gasteiger partial charge in [0.15, 0.2) is 5.69 Å². The van der Waals surface area contributed by atoms with E-state index in [1.54, 1.807) is 29.9 Å². The van der Waals surface area contributed by atoms with E-state index in [9.17, 15) is 9.59 Å². The Balaban J connectivity index is 1.55. The number of aromatic nitrogens is 4. The van der Waals surface area contributed by atoms with E-state index in [1.165, 1.54) is 12.5 Å². The van der Waals surface area contributed by atoms with Crippen molar-refractivity contribution in [3.63, 3.8) is 0 Å². The number of amides is 2. The van der Waals surface area contributed by atoms with Crippen molar-refractivity contribution in [3.8, 4) is 11.8 Å². The van der Waals surface area contributed by atoms with E-state index in [2.05, 4.69) is 28.8 Å². The molecule has 1 saturated carbocycles. The number of methoxy groups -OCH3 is 1. The van der Waals surface area contributed by atoms with Crippen molar-refractivity contribution in [3.05, 3.63) is 52.8 Å². The van der Waals surface area contributed by atoms with Gasteiger partial charge in [-0.05, 0) is 49.8 Å². The van der Waals surface area contributed by atoms with Gasteiger partial charge in [-0.2, -0.15) is 10.2 Å². The van der Waals surface area contributed by atoms with Crippen LogP contribution in [0.4, 0.5) is 5.82 Å². The fourth-order valence-corrected chi connectivity index (χ4v) is 5.54. The Labute approximate surface area is 225 Å². The number of likely N-dealkylation sites (tertiary alicyclic amines) is 1. The van der Waals surface area contributed by atoms with Crippen LogP contribution in [0.1, 0.15) is 59.4 Å². The molecule has 2 amide bonds.